The van der Waals surface area contributed by atoms with Crippen LogP contribution in [0.25, 0.3) is 10.8 Å². The summed E-state index contributed by atoms with van der Waals surface area (Å²) in [5.74, 6) is 2.02. The number of aromatic nitrogens is 1. The lowest BCUT2D eigenvalue weighted by Crippen LogP contribution is -2.35. The molecule has 1 saturated heterocycles. The topological polar surface area (TPSA) is 37.7 Å². The molecule has 0 unspecified atom stereocenters. The van der Waals surface area contributed by atoms with Gasteiger partial charge in [-0.3, -0.25) is 9.98 Å². The van der Waals surface area contributed by atoms with Crippen molar-refractivity contribution in [3.63, 3.8) is 0 Å². The molecule has 0 saturated carbocycles. The van der Waals surface area contributed by atoms with Gasteiger partial charge in [0.05, 0.1) is 18.8 Å². The smallest absolute Gasteiger partial charge is 0.160 e. The number of pyridine rings is 1. The summed E-state index contributed by atoms with van der Waals surface area (Å²) < 4.78 is 5.86. The van der Waals surface area contributed by atoms with Gasteiger partial charge in [-0.2, -0.15) is 0 Å². The van der Waals surface area contributed by atoms with Crippen molar-refractivity contribution < 1.29 is 4.74 Å². The fraction of sp³-hybridized carbons (Fsp3) is 0.304. The van der Waals surface area contributed by atoms with E-state index in [0.29, 0.717) is 6.04 Å². The number of methoxy groups -OCH3 is 1. The highest BCUT2D eigenvalue weighted by atomic mass is 32.2. The molecule has 2 aromatic carbocycles. The van der Waals surface area contributed by atoms with Crippen LogP contribution in [0.2, 0.25) is 0 Å². The zero-order valence-corrected chi connectivity index (χ0v) is 16.9. The first kappa shape index (κ1) is 17.6. The predicted octanol–water partition coefficient (Wildman–Crippen LogP) is 5.22. The van der Waals surface area contributed by atoms with Gasteiger partial charge in [0.25, 0.3) is 0 Å². The molecule has 5 rings (SSSR count). The van der Waals surface area contributed by atoms with E-state index in [0.717, 1.165) is 28.8 Å². The number of ether oxygens (including phenoxy) is 1. The second-order valence-electron chi connectivity index (χ2n) is 7.24. The molecule has 28 heavy (non-hydrogen) atoms. The lowest BCUT2D eigenvalue weighted by atomic mass is 9.90. The van der Waals surface area contributed by atoms with Gasteiger partial charge in [-0.1, -0.05) is 55.1 Å². The Bertz CT molecular complexity index is 1040. The van der Waals surface area contributed by atoms with Crippen molar-refractivity contribution in [1.29, 1.82) is 0 Å². The van der Waals surface area contributed by atoms with Crippen LogP contribution in [0.3, 0.4) is 0 Å². The minimum Gasteiger partial charge on any atom is -0.496 e. The van der Waals surface area contributed by atoms with Gasteiger partial charge in [0.2, 0.25) is 0 Å². The highest BCUT2D eigenvalue weighted by Crippen LogP contribution is 2.52. The number of hydrogen-bond donors (Lipinski definition) is 0. The molecule has 3 atom stereocenters. The molecule has 2 aliphatic heterocycles. The molecule has 0 spiro atoms. The molecule has 0 bridgehead atoms. The number of thioether (sulfide) groups is 1. The molecule has 1 fully saturated rings. The van der Waals surface area contributed by atoms with Crippen molar-refractivity contribution in [1.82, 2.24) is 9.88 Å². The van der Waals surface area contributed by atoms with Crippen molar-refractivity contribution in [2.24, 2.45) is 4.99 Å². The number of rotatable bonds is 4. The molecular formula is C23H23N3OS. The average molecular weight is 390 g/mol. The van der Waals surface area contributed by atoms with Gasteiger partial charge in [-0.15, -0.1) is 0 Å². The summed E-state index contributed by atoms with van der Waals surface area (Å²) in [5.41, 5.74) is 2.23. The van der Waals surface area contributed by atoms with Crippen molar-refractivity contribution in [3.8, 4) is 5.75 Å². The maximum Gasteiger partial charge on any atom is 0.160 e. The van der Waals surface area contributed by atoms with E-state index < -0.39 is 0 Å². The fourth-order valence-corrected chi connectivity index (χ4v) is 5.76. The second kappa shape index (κ2) is 7.13. The number of hydrogen-bond acceptors (Lipinski definition) is 5. The van der Waals surface area contributed by atoms with Crippen LogP contribution in [-0.2, 0) is 0 Å². The van der Waals surface area contributed by atoms with Gasteiger partial charge in [-0.25, -0.2) is 0 Å². The standard InChI is InChI=1S/C23H23N3OS/c1-3-16-14-28-23-25-21(18-10-6-7-13-24-18)22(26(16)23)20-17-9-5-4-8-15(17)11-12-19(20)27-2/h4-13,16,21-22H,3,14H2,1-2H3/t16-,21-,22-/m1/s1. The van der Waals surface area contributed by atoms with Crippen molar-refractivity contribution in [2.45, 2.75) is 31.5 Å². The predicted molar refractivity (Wildman–Crippen MR) is 116 cm³/mol. The van der Waals surface area contributed by atoms with Crippen molar-refractivity contribution in [3.05, 3.63) is 72.1 Å². The van der Waals surface area contributed by atoms with Gasteiger partial charge < -0.3 is 9.64 Å². The number of amidine groups is 1. The van der Waals surface area contributed by atoms with E-state index in [-0.39, 0.29) is 12.1 Å². The first-order valence-electron chi connectivity index (χ1n) is 9.77. The van der Waals surface area contributed by atoms with Crippen molar-refractivity contribution >= 4 is 27.7 Å². The molecule has 0 amide bonds. The average Bonchev–Trinajstić information content (AvgIpc) is 3.32. The first-order chi connectivity index (χ1) is 13.8. The monoisotopic (exact) mass is 389 g/mol. The summed E-state index contributed by atoms with van der Waals surface area (Å²) in [6.45, 7) is 2.26. The van der Waals surface area contributed by atoms with Crippen LogP contribution >= 0.6 is 11.8 Å². The highest BCUT2D eigenvalue weighted by molar-refractivity contribution is 8.14. The van der Waals surface area contributed by atoms with Gasteiger partial charge in [0.15, 0.2) is 5.17 Å². The first-order valence-corrected chi connectivity index (χ1v) is 10.8. The summed E-state index contributed by atoms with van der Waals surface area (Å²) in [4.78, 5) is 12.3. The molecule has 2 aliphatic rings. The van der Waals surface area contributed by atoms with E-state index >= 15 is 0 Å². The molecule has 142 valence electrons. The molecule has 0 radical (unpaired) electrons. The Labute approximate surface area is 169 Å². The zero-order valence-electron chi connectivity index (χ0n) is 16.1. The summed E-state index contributed by atoms with van der Waals surface area (Å²) in [7, 11) is 1.76. The third-order valence-corrected chi connectivity index (χ3v) is 6.90. The van der Waals surface area contributed by atoms with E-state index in [1.807, 2.05) is 30.1 Å². The molecule has 4 nitrogen and oxygen atoms in total. The van der Waals surface area contributed by atoms with Crippen LogP contribution in [0.4, 0.5) is 0 Å². The molecule has 5 heteroatoms. The summed E-state index contributed by atoms with van der Waals surface area (Å²) >= 11 is 1.87. The summed E-state index contributed by atoms with van der Waals surface area (Å²) in [6.07, 6.45) is 2.96. The number of aliphatic imine (C=N–C) groups is 1. The minimum atomic E-state index is -0.0299. The molecular weight excluding hydrogens is 366 g/mol. The quantitative estimate of drug-likeness (QED) is 0.613. The largest absolute Gasteiger partial charge is 0.496 e. The minimum absolute atomic E-state index is 0.0299. The maximum atomic E-state index is 5.86. The highest BCUT2D eigenvalue weighted by Gasteiger charge is 2.46. The Balaban J connectivity index is 1.75. The lowest BCUT2D eigenvalue weighted by molar-refractivity contribution is 0.250. The normalized spacial score (nSPS) is 23.7. The Morgan fingerprint density at radius 3 is 2.75 bits per heavy atom. The van der Waals surface area contributed by atoms with Gasteiger partial charge >= 0.3 is 0 Å². The molecule has 1 aromatic heterocycles. The van der Waals surface area contributed by atoms with E-state index in [1.165, 1.54) is 16.3 Å². The Hall–Kier alpha value is -2.53. The van der Waals surface area contributed by atoms with Crippen LogP contribution in [0, 0.1) is 0 Å². The molecule has 3 aromatic rings. The number of fused-ring (bicyclic) bond motifs is 2. The maximum absolute atomic E-state index is 5.86. The second-order valence-corrected chi connectivity index (χ2v) is 8.23. The number of benzene rings is 2. The van der Waals surface area contributed by atoms with Crippen LogP contribution in [0.15, 0.2) is 65.8 Å². The molecule has 0 aliphatic carbocycles. The lowest BCUT2D eigenvalue weighted by Gasteiger charge is -2.33. The van der Waals surface area contributed by atoms with Crippen molar-refractivity contribution in [2.75, 3.05) is 12.9 Å². The van der Waals surface area contributed by atoms with E-state index in [2.05, 4.69) is 59.3 Å². The summed E-state index contributed by atoms with van der Waals surface area (Å²) in [6, 6.07) is 19.4. The zero-order chi connectivity index (χ0) is 19.1. The van der Waals surface area contributed by atoms with Gasteiger partial charge in [0, 0.05) is 23.6 Å². The van der Waals surface area contributed by atoms with E-state index in [1.54, 1.807) is 7.11 Å². The molecule has 3 heterocycles. The van der Waals surface area contributed by atoms with Gasteiger partial charge in [0.1, 0.15) is 11.8 Å². The van der Waals surface area contributed by atoms with E-state index in [4.69, 9.17) is 9.73 Å². The SMILES string of the molecule is CC[C@@H]1CSC2=N[C@H](c3ccccn3)[C@@H](c3c(OC)ccc4ccccc34)N21. The van der Waals surface area contributed by atoms with Gasteiger partial charge in [-0.05, 0) is 35.4 Å². The van der Waals surface area contributed by atoms with E-state index in [9.17, 15) is 0 Å². The third kappa shape index (κ3) is 2.68. The Morgan fingerprint density at radius 1 is 1.11 bits per heavy atom. The number of nitrogens with zero attached hydrogens (tertiary/aromatic N) is 3. The Kier molecular flexibility index (Phi) is 4.47. The van der Waals surface area contributed by atoms with Crippen LogP contribution in [0.1, 0.15) is 36.7 Å². The van der Waals surface area contributed by atoms with Crippen LogP contribution < -0.4 is 4.74 Å². The van der Waals surface area contributed by atoms with Crippen LogP contribution in [0.5, 0.6) is 5.75 Å². The fourth-order valence-electron chi connectivity index (χ4n) is 4.42. The summed E-state index contributed by atoms with van der Waals surface area (Å²) in [5, 5.41) is 3.60. The molecule has 0 N–H and O–H groups in total. The van der Waals surface area contributed by atoms with Crippen LogP contribution in [-0.4, -0.2) is 34.0 Å². The Morgan fingerprint density at radius 2 is 1.96 bits per heavy atom. The third-order valence-electron chi connectivity index (χ3n) is 5.78.